The maximum Gasteiger partial charge on any atom is 0.416 e. The molecular weight excluding hydrogens is 520 g/mol. The monoisotopic (exact) mass is 562 g/mol. The summed E-state index contributed by atoms with van der Waals surface area (Å²) < 4.78 is 10.9. The highest BCUT2D eigenvalue weighted by molar-refractivity contribution is 5.89. The summed E-state index contributed by atoms with van der Waals surface area (Å²) >= 11 is 0. The molecule has 1 saturated heterocycles. The van der Waals surface area contributed by atoms with Gasteiger partial charge in [0.05, 0.1) is 11.6 Å². The predicted octanol–water partition coefficient (Wildman–Crippen LogP) is 5.83. The number of anilines is 2. The van der Waals surface area contributed by atoms with Gasteiger partial charge < -0.3 is 19.7 Å². The number of ether oxygens (including phenoxy) is 2. The van der Waals surface area contributed by atoms with E-state index in [0.717, 1.165) is 49.9 Å². The van der Waals surface area contributed by atoms with Crippen LogP contribution in [-0.2, 0) is 16.1 Å². The topological polar surface area (TPSA) is 100 Å². The molecule has 5 heterocycles. The molecule has 0 saturated carbocycles. The highest BCUT2D eigenvalue weighted by atomic mass is 16.6. The molecule has 4 aliphatic heterocycles. The predicted molar refractivity (Wildman–Crippen MR) is 158 cm³/mol. The zero-order chi connectivity index (χ0) is 29.0. The van der Waals surface area contributed by atoms with Crippen molar-refractivity contribution in [1.29, 1.82) is 0 Å². The number of aromatic nitrogens is 2. The summed E-state index contributed by atoms with van der Waals surface area (Å²) in [5.41, 5.74) is 2.73. The lowest BCUT2D eigenvalue weighted by Crippen LogP contribution is -2.50. The van der Waals surface area contributed by atoms with Crippen LogP contribution < -0.4 is 10.2 Å². The van der Waals surface area contributed by atoms with Crippen molar-refractivity contribution in [2.75, 3.05) is 42.9 Å². The standard InChI is InChI=1S/C31H42N6O4/c1-22-23-11-13-24(14-12-23)26(35-16-18-36(19-17-35)29(38)41-31(2,3)4)10-8-6-5-7-9-15-37-27-25(21-40-30(37)39)20-32-28(33-22)34-27/h7,9,11-14,20,22,26H,5-6,8,10,15-19,21H2,1-4H3,(H,32,33,34)/b9-7+/t22-,26?/m0/s1. The van der Waals surface area contributed by atoms with Crippen LogP contribution in [0.15, 0.2) is 42.6 Å². The molecule has 4 bridgehead atoms. The Kier molecular flexibility index (Phi) is 8.77. The fraction of sp³-hybridized carbons (Fsp3) is 0.548. The number of fused-ring (bicyclic) bond motifs is 9. The number of carbonyl (C=O) groups is 2. The Balaban J connectivity index is 1.33. The molecule has 1 unspecified atom stereocenters. The summed E-state index contributed by atoms with van der Waals surface area (Å²) in [6.07, 6.45) is 9.36. The molecule has 0 radical (unpaired) electrons. The largest absolute Gasteiger partial charge is 0.444 e. The van der Waals surface area contributed by atoms with E-state index < -0.39 is 5.60 Å². The number of hydrogen-bond donors (Lipinski definition) is 1. The average molecular weight is 563 g/mol. The number of benzene rings is 1. The number of cyclic esters (lactones) is 1. The molecule has 41 heavy (non-hydrogen) atoms. The van der Waals surface area contributed by atoms with Gasteiger partial charge in [0.15, 0.2) is 5.82 Å². The summed E-state index contributed by atoms with van der Waals surface area (Å²) in [5, 5.41) is 3.40. The molecule has 2 atom stereocenters. The highest BCUT2D eigenvalue weighted by Crippen LogP contribution is 2.31. The van der Waals surface area contributed by atoms with Crippen LogP contribution in [0.4, 0.5) is 21.4 Å². The molecule has 1 aromatic heterocycles. The normalized spacial score (nSPS) is 23.2. The Bertz CT molecular complexity index is 1250. The van der Waals surface area contributed by atoms with E-state index in [1.54, 1.807) is 11.1 Å². The Morgan fingerprint density at radius 2 is 1.78 bits per heavy atom. The number of carbonyl (C=O) groups excluding carboxylic acids is 2. The molecule has 0 spiro atoms. The lowest BCUT2D eigenvalue weighted by molar-refractivity contribution is 0.00960. The Morgan fingerprint density at radius 3 is 2.51 bits per heavy atom. The zero-order valence-electron chi connectivity index (χ0n) is 24.6. The maximum atomic E-state index is 12.6. The average Bonchev–Trinajstić information content (AvgIpc) is 2.94. The van der Waals surface area contributed by atoms with Gasteiger partial charge in [-0.3, -0.25) is 9.80 Å². The summed E-state index contributed by atoms with van der Waals surface area (Å²) in [6.45, 7) is 11.3. The Morgan fingerprint density at radius 1 is 1.05 bits per heavy atom. The first kappa shape index (κ1) is 28.9. The minimum Gasteiger partial charge on any atom is -0.444 e. The van der Waals surface area contributed by atoms with Crippen LogP contribution in [0.1, 0.15) is 82.2 Å². The van der Waals surface area contributed by atoms with Gasteiger partial charge in [0.1, 0.15) is 12.2 Å². The van der Waals surface area contributed by atoms with Gasteiger partial charge in [-0.1, -0.05) is 42.8 Å². The summed E-state index contributed by atoms with van der Waals surface area (Å²) in [7, 11) is 0. The second kappa shape index (κ2) is 12.5. The minimum absolute atomic E-state index is 0.0271. The third kappa shape index (κ3) is 7.16. The zero-order valence-corrected chi connectivity index (χ0v) is 24.6. The van der Waals surface area contributed by atoms with Crippen molar-refractivity contribution in [3.63, 3.8) is 0 Å². The van der Waals surface area contributed by atoms with E-state index in [9.17, 15) is 9.59 Å². The molecule has 2 amide bonds. The van der Waals surface area contributed by atoms with Gasteiger partial charge in [0.25, 0.3) is 0 Å². The van der Waals surface area contributed by atoms with Gasteiger partial charge in [-0.25, -0.2) is 14.6 Å². The van der Waals surface area contributed by atoms with Crippen molar-refractivity contribution < 1.29 is 19.1 Å². The van der Waals surface area contributed by atoms with Crippen LogP contribution in [0.2, 0.25) is 0 Å². The first-order valence-corrected chi connectivity index (χ1v) is 14.7. The fourth-order valence-corrected chi connectivity index (χ4v) is 5.55. The van der Waals surface area contributed by atoms with E-state index in [4.69, 9.17) is 14.5 Å². The van der Waals surface area contributed by atoms with Crippen LogP contribution in [-0.4, -0.2) is 70.3 Å². The van der Waals surface area contributed by atoms with E-state index in [2.05, 4.69) is 52.5 Å². The van der Waals surface area contributed by atoms with E-state index in [0.29, 0.717) is 31.4 Å². The molecule has 220 valence electrons. The van der Waals surface area contributed by atoms with Crippen molar-refractivity contribution in [3.8, 4) is 0 Å². The quantitative estimate of drug-likeness (QED) is 0.434. The van der Waals surface area contributed by atoms with Gasteiger partial charge in [0.2, 0.25) is 5.95 Å². The van der Waals surface area contributed by atoms with Crippen LogP contribution in [0, 0.1) is 0 Å². The summed E-state index contributed by atoms with van der Waals surface area (Å²) in [6, 6.07) is 9.05. The van der Waals surface area contributed by atoms with Crippen molar-refractivity contribution in [2.45, 2.75) is 77.7 Å². The van der Waals surface area contributed by atoms with Crippen molar-refractivity contribution >= 4 is 24.0 Å². The molecule has 10 heteroatoms. The third-order valence-electron chi connectivity index (χ3n) is 7.80. The van der Waals surface area contributed by atoms with E-state index >= 15 is 0 Å². The molecule has 1 aromatic carbocycles. The smallest absolute Gasteiger partial charge is 0.416 e. The van der Waals surface area contributed by atoms with Crippen LogP contribution in [0.3, 0.4) is 0 Å². The first-order chi connectivity index (χ1) is 19.7. The fourth-order valence-electron chi connectivity index (χ4n) is 5.55. The number of nitrogens with zero attached hydrogens (tertiary/aromatic N) is 5. The maximum absolute atomic E-state index is 12.6. The lowest BCUT2D eigenvalue weighted by Gasteiger charge is -2.40. The van der Waals surface area contributed by atoms with Gasteiger partial charge in [-0.2, -0.15) is 4.98 Å². The van der Waals surface area contributed by atoms with Crippen molar-refractivity contribution in [1.82, 2.24) is 19.8 Å². The molecule has 1 fully saturated rings. The number of hydrogen-bond acceptors (Lipinski definition) is 8. The summed E-state index contributed by atoms with van der Waals surface area (Å²) in [4.78, 5) is 40.2. The molecule has 0 aliphatic carbocycles. The number of allylic oxidation sites excluding steroid dienone is 1. The second-order valence-electron chi connectivity index (χ2n) is 12.0. The minimum atomic E-state index is -0.494. The first-order valence-electron chi connectivity index (χ1n) is 14.7. The molecule has 4 aliphatic rings. The SMILES string of the molecule is C[C@@H]1Nc2ncc3c(n2)N(C/C=C/CCCCC(N2CCN(C(=O)OC(C)(C)C)CC2)c2ccc1cc2)C(=O)OC3. The molecule has 1 N–H and O–H groups in total. The number of nitrogens with one attached hydrogen (secondary N) is 1. The van der Waals surface area contributed by atoms with Crippen LogP contribution in [0.5, 0.6) is 0 Å². The van der Waals surface area contributed by atoms with Gasteiger partial charge >= 0.3 is 12.2 Å². The molecule has 6 rings (SSSR count). The van der Waals surface area contributed by atoms with E-state index in [1.807, 2.05) is 31.7 Å². The highest BCUT2D eigenvalue weighted by Gasteiger charge is 2.30. The molecular formula is C31H42N6O4. The number of amides is 2. The third-order valence-corrected chi connectivity index (χ3v) is 7.80. The second-order valence-corrected chi connectivity index (χ2v) is 12.0. The molecule has 10 nitrogen and oxygen atoms in total. The molecule has 2 aromatic rings. The van der Waals surface area contributed by atoms with Crippen LogP contribution in [0.25, 0.3) is 0 Å². The van der Waals surface area contributed by atoms with Gasteiger partial charge in [0, 0.05) is 45.0 Å². The van der Waals surface area contributed by atoms with Crippen LogP contribution >= 0.6 is 0 Å². The van der Waals surface area contributed by atoms with E-state index in [-0.39, 0.29) is 30.9 Å². The van der Waals surface area contributed by atoms with Crippen molar-refractivity contribution in [3.05, 3.63) is 59.3 Å². The van der Waals surface area contributed by atoms with Crippen molar-refractivity contribution in [2.24, 2.45) is 0 Å². The van der Waals surface area contributed by atoms with Gasteiger partial charge in [-0.05, 0) is 58.1 Å². The number of rotatable bonds is 1. The lowest BCUT2D eigenvalue weighted by atomic mass is 9.96. The summed E-state index contributed by atoms with van der Waals surface area (Å²) in [5.74, 6) is 1.08. The Hall–Kier alpha value is -3.66. The number of piperazine rings is 1. The Labute approximate surface area is 242 Å². The van der Waals surface area contributed by atoms with Gasteiger partial charge in [-0.15, -0.1) is 0 Å². The van der Waals surface area contributed by atoms with E-state index in [1.165, 1.54) is 5.56 Å².